The smallest absolute Gasteiger partial charge is 0.326 e. The van der Waals surface area contributed by atoms with Crippen molar-refractivity contribution in [2.24, 2.45) is 0 Å². The molecule has 0 spiro atoms. The van der Waals surface area contributed by atoms with E-state index in [0.717, 1.165) is 4.90 Å². The van der Waals surface area contributed by atoms with Crippen molar-refractivity contribution in [3.63, 3.8) is 0 Å². The fraction of sp³-hybridized carbons (Fsp3) is 0.333. The van der Waals surface area contributed by atoms with E-state index in [1.54, 1.807) is 13.8 Å². The van der Waals surface area contributed by atoms with Crippen LogP contribution in [-0.4, -0.2) is 31.6 Å². The Kier molecular flexibility index (Phi) is 7.59. The zero-order valence-electron chi connectivity index (χ0n) is 12.3. The van der Waals surface area contributed by atoms with Crippen LogP contribution < -0.4 is 4.90 Å². The summed E-state index contributed by atoms with van der Waals surface area (Å²) in [6.07, 6.45) is 2.40. The molecule has 0 saturated carbocycles. The van der Waals surface area contributed by atoms with Gasteiger partial charge in [0.15, 0.2) is 0 Å². The van der Waals surface area contributed by atoms with E-state index in [1.165, 1.54) is 30.5 Å². The van der Waals surface area contributed by atoms with Gasteiger partial charge in [0.25, 0.3) is 5.91 Å². The van der Waals surface area contributed by atoms with Crippen LogP contribution in [0.5, 0.6) is 0 Å². The van der Waals surface area contributed by atoms with Crippen molar-refractivity contribution in [1.82, 2.24) is 0 Å². The molecule has 0 saturated heterocycles. The first-order valence-corrected chi connectivity index (χ1v) is 7.49. The molecule has 0 heterocycles. The number of amides is 1. The number of ether oxygens (including phenoxy) is 2. The second-order valence-corrected chi connectivity index (χ2v) is 4.85. The summed E-state index contributed by atoms with van der Waals surface area (Å²) in [6.45, 7) is 3.71. The molecule has 0 aromatic heterocycles. The van der Waals surface area contributed by atoms with Crippen LogP contribution in [0.3, 0.4) is 0 Å². The number of rotatable bonds is 7. The topological polar surface area (TPSA) is 55.8 Å². The summed E-state index contributed by atoms with van der Waals surface area (Å²) >= 11 is 3.08. The Morgan fingerprint density at radius 3 is 2.68 bits per heavy atom. The number of nitrogens with zero attached hydrogens (tertiary/aromatic N) is 1. The Hall–Kier alpha value is -1.89. The monoisotopic (exact) mass is 373 g/mol. The molecule has 0 aliphatic rings. The van der Waals surface area contributed by atoms with Gasteiger partial charge in [-0.15, -0.1) is 0 Å². The van der Waals surface area contributed by atoms with E-state index < -0.39 is 17.7 Å². The van der Waals surface area contributed by atoms with Crippen molar-refractivity contribution in [2.45, 2.75) is 13.8 Å². The molecule has 0 atom stereocenters. The molecule has 0 aliphatic heterocycles. The maximum atomic E-state index is 13.7. The summed E-state index contributed by atoms with van der Waals surface area (Å²) in [7, 11) is 0. The summed E-state index contributed by atoms with van der Waals surface area (Å²) in [5.74, 6) is -1.64. The summed E-state index contributed by atoms with van der Waals surface area (Å²) in [5.41, 5.74) is 0.235. The lowest BCUT2D eigenvalue weighted by Crippen LogP contribution is -2.36. The maximum absolute atomic E-state index is 13.7. The number of hydrogen-bond donors (Lipinski definition) is 0. The van der Waals surface area contributed by atoms with E-state index in [4.69, 9.17) is 9.47 Å². The van der Waals surface area contributed by atoms with Crippen LogP contribution in [-0.2, 0) is 19.1 Å². The molecule has 120 valence electrons. The minimum absolute atomic E-state index is 0.0949. The molecular weight excluding hydrogens is 357 g/mol. The van der Waals surface area contributed by atoms with Crippen LogP contribution >= 0.6 is 15.9 Å². The Morgan fingerprint density at radius 1 is 1.32 bits per heavy atom. The molecule has 0 radical (unpaired) electrons. The highest BCUT2D eigenvalue weighted by atomic mass is 79.9. The molecule has 1 aromatic carbocycles. The second-order valence-electron chi connectivity index (χ2n) is 4.06. The standard InChI is InChI=1S/C15H17BrFNO4/c1-3-21-9-8-13(19)18(10-14(20)22-4-2)12-7-5-6-11(17)15(12)16/h5-9H,3-4,10H2,1-2H3/b9-8+. The van der Waals surface area contributed by atoms with Gasteiger partial charge >= 0.3 is 5.97 Å². The summed E-state index contributed by atoms with van der Waals surface area (Å²) < 4.78 is 23.6. The highest BCUT2D eigenvalue weighted by Crippen LogP contribution is 2.29. The van der Waals surface area contributed by atoms with Gasteiger partial charge in [-0.1, -0.05) is 6.07 Å². The van der Waals surface area contributed by atoms with E-state index in [9.17, 15) is 14.0 Å². The van der Waals surface area contributed by atoms with Crippen molar-refractivity contribution >= 4 is 33.5 Å². The predicted molar refractivity (Wildman–Crippen MR) is 83.9 cm³/mol. The van der Waals surface area contributed by atoms with Crippen molar-refractivity contribution in [1.29, 1.82) is 0 Å². The molecule has 5 nitrogen and oxygen atoms in total. The van der Waals surface area contributed by atoms with Crippen LogP contribution in [0.25, 0.3) is 0 Å². The first kappa shape index (κ1) is 18.2. The van der Waals surface area contributed by atoms with Gasteiger partial charge in [-0.2, -0.15) is 0 Å². The molecular formula is C15H17BrFNO4. The molecule has 0 bridgehead atoms. The Balaban J connectivity index is 3.07. The lowest BCUT2D eigenvalue weighted by atomic mass is 10.2. The second kappa shape index (κ2) is 9.19. The van der Waals surface area contributed by atoms with Gasteiger partial charge in [0.05, 0.1) is 29.6 Å². The summed E-state index contributed by atoms with van der Waals surface area (Å²) in [5, 5.41) is 0. The lowest BCUT2D eigenvalue weighted by molar-refractivity contribution is -0.142. The summed E-state index contributed by atoms with van der Waals surface area (Å²) in [4.78, 5) is 25.0. The van der Waals surface area contributed by atoms with Crippen molar-refractivity contribution in [3.05, 3.63) is 40.8 Å². The molecule has 22 heavy (non-hydrogen) atoms. The third kappa shape index (κ3) is 5.14. The van der Waals surface area contributed by atoms with Crippen LogP contribution in [0, 0.1) is 5.82 Å². The average molecular weight is 374 g/mol. The minimum atomic E-state index is -0.586. The van der Waals surface area contributed by atoms with E-state index >= 15 is 0 Å². The minimum Gasteiger partial charge on any atom is -0.501 e. The number of anilines is 1. The molecule has 1 amide bonds. The third-order valence-corrected chi connectivity index (χ3v) is 3.34. The van der Waals surface area contributed by atoms with Crippen LogP contribution in [0.4, 0.5) is 10.1 Å². The first-order valence-electron chi connectivity index (χ1n) is 6.70. The predicted octanol–water partition coefficient (Wildman–Crippen LogP) is 3.03. The van der Waals surface area contributed by atoms with Gasteiger partial charge in [0.2, 0.25) is 0 Å². The molecule has 7 heteroatoms. The summed E-state index contributed by atoms with van der Waals surface area (Å²) in [6, 6.07) is 4.22. The Labute approximate surface area is 136 Å². The van der Waals surface area contributed by atoms with E-state index in [-0.39, 0.29) is 23.3 Å². The first-order chi connectivity index (χ1) is 10.5. The molecule has 0 aliphatic carbocycles. The van der Waals surface area contributed by atoms with E-state index in [1.807, 2.05) is 0 Å². The zero-order chi connectivity index (χ0) is 16.5. The molecule has 0 fully saturated rings. The lowest BCUT2D eigenvalue weighted by Gasteiger charge is -2.21. The third-order valence-electron chi connectivity index (χ3n) is 2.55. The van der Waals surface area contributed by atoms with Crippen LogP contribution in [0.15, 0.2) is 35.0 Å². The number of hydrogen-bond acceptors (Lipinski definition) is 4. The van der Waals surface area contributed by atoms with Gasteiger partial charge < -0.3 is 9.47 Å². The Bertz CT molecular complexity index is 562. The highest BCUT2D eigenvalue weighted by molar-refractivity contribution is 9.10. The van der Waals surface area contributed by atoms with Gasteiger partial charge in [-0.3, -0.25) is 14.5 Å². The maximum Gasteiger partial charge on any atom is 0.326 e. The molecule has 0 N–H and O–H groups in total. The normalized spacial score (nSPS) is 10.5. The van der Waals surface area contributed by atoms with Gasteiger partial charge in [-0.25, -0.2) is 4.39 Å². The van der Waals surface area contributed by atoms with Crippen molar-refractivity contribution < 1.29 is 23.5 Å². The van der Waals surface area contributed by atoms with Crippen LogP contribution in [0.2, 0.25) is 0 Å². The fourth-order valence-corrected chi connectivity index (χ4v) is 2.09. The number of benzene rings is 1. The zero-order valence-corrected chi connectivity index (χ0v) is 13.9. The molecule has 1 aromatic rings. The van der Waals surface area contributed by atoms with Crippen molar-refractivity contribution in [3.8, 4) is 0 Å². The fourth-order valence-electron chi connectivity index (χ4n) is 1.61. The largest absolute Gasteiger partial charge is 0.501 e. The van der Waals surface area contributed by atoms with Gasteiger partial charge in [0, 0.05) is 6.08 Å². The van der Waals surface area contributed by atoms with E-state index in [0.29, 0.717) is 6.61 Å². The average Bonchev–Trinajstić information content (AvgIpc) is 2.48. The van der Waals surface area contributed by atoms with Crippen molar-refractivity contribution in [2.75, 3.05) is 24.7 Å². The quantitative estimate of drug-likeness (QED) is 0.418. The van der Waals surface area contributed by atoms with Crippen LogP contribution in [0.1, 0.15) is 13.8 Å². The number of esters is 1. The number of carbonyl (C=O) groups is 2. The number of halogens is 2. The number of carbonyl (C=O) groups excluding carboxylic acids is 2. The highest BCUT2D eigenvalue weighted by Gasteiger charge is 2.21. The molecule has 0 unspecified atom stereocenters. The SMILES string of the molecule is CCO/C=C/C(=O)N(CC(=O)OCC)c1cccc(F)c1Br. The van der Waals surface area contributed by atoms with Gasteiger partial charge in [-0.05, 0) is 41.9 Å². The van der Waals surface area contributed by atoms with E-state index in [2.05, 4.69) is 15.9 Å². The van der Waals surface area contributed by atoms with Gasteiger partial charge in [0.1, 0.15) is 12.4 Å². The molecule has 1 rings (SSSR count). The Morgan fingerprint density at radius 2 is 2.05 bits per heavy atom.